The molecule has 4 aromatic rings. The maximum Gasteiger partial charge on any atom is 0.254 e. The highest BCUT2D eigenvalue weighted by Crippen LogP contribution is 2.35. The molecule has 1 aliphatic carbocycles. The van der Waals surface area contributed by atoms with Crippen molar-refractivity contribution in [3.63, 3.8) is 0 Å². The highest BCUT2D eigenvalue weighted by molar-refractivity contribution is 7.09. The van der Waals surface area contributed by atoms with Crippen LogP contribution in [0.4, 0.5) is 0 Å². The van der Waals surface area contributed by atoms with E-state index in [0.29, 0.717) is 6.54 Å². The van der Waals surface area contributed by atoms with Gasteiger partial charge in [0.25, 0.3) is 5.91 Å². The standard InChI is InChI=1S/C28H27Cl2N5OS/c1-18-34-22(17-37-18)16-35(25-6-2-4-21-5-3-11-32-27(21)25)15-20-9-7-19(8-10-20)12-33-28(36)26-23(29)13-31-14-24(26)30/h3,5,7-11,13-14,17,25H,2,4,6,12,15-16H2,1H3,(H,33,36). The SMILES string of the molecule is Cc1nc(CN(Cc2ccc(CNC(=O)c3c(Cl)cncc3Cl)cc2)C2CCCc3cccnc32)cs1. The molecule has 0 radical (unpaired) electrons. The Balaban J connectivity index is 1.30. The molecule has 0 spiro atoms. The number of hydrogen-bond acceptors (Lipinski definition) is 6. The number of pyridine rings is 2. The number of nitrogens with one attached hydrogen (secondary N) is 1. The van der Waals surface area contributed by atoms with Crippen molar-refractivity contribution in [2.24, 2.45) is 0 Å². The molecule has 37 heavy (non-hydrogen) atoms. The van der Waals surface area contributed by atoms with Crippen LogP contribution >= 0.6 is 34.5 Å². The smallest absolute Gasteiger partial charge is 0.254 e. The zero-order valence-corrected chi connectivity index (χ0v) is 22.8. The molecule has 0 saturated heterocycles. The van der Waals surface area contributed by atoms with Crippen LogP contribution in [0.3, 0.4) is 0 Å². The number of halogens is 2. The zero-order valence-electron chi connectivity index (χ0n) is 20.5. The minimum atomic E-state index is -0.324. The van der Waals surface area contributed by atoms with Crippen molar-refractivity contribution >= 4 is 40.4 Å². The Morgan fingerprint density at radius 2 is 1.86 bits per heavy atom. The molecule has 1 atom stereocenters. The van der Waals surface area contributed by atoms with Gasteiger partial charge in [-0.15, -0.1) is 11.3 Å². The average molecular weight is 553 g/mol. The van der Waals surface area contributed by atoms with Crippen molar-refractivity contribution < 1.29 is 4.79 Å². The second-order valence-corrected chi connectivity index (χ2v) is 11.1. The Morgan fingerprint density at radius 1 is 1.11 bits per heavy atom. The number of aryl methyl sites for hydroxylation is 2. The quantitative estimate of drug-likeness (QED) is 0.268. The van der Waals surface area contributed by atoms with Gasteiger partial charge in [-0.1, -0.05) is 53.5 Å². The molecule has 3 heterocycles. The molecule has 1 aromatic carbocycles. The summed E-state index contributed by atoms with van der Waals surface area (Å²) in [4.78, 5) is 28.5. The van der Waals surface area contributed by atoms with E-state index >= 15 is 0 Å². The van der Waals surface area contributed by atoms with E-state index < -0.39 is 0 Å². The van der Waals surface area contributed by atoms with Gasteiger partial charge in [0.15, 0.2) is 0 Å². The van der Waals surface area contributed by atoms with Gasteiger partial charge in [0.1, 0.15) is 0 Å². The van der Waals surface area contributed by atoms with E-state index in [1.807, 2.05) is 31.3 Å². The molecular weight excluding hydrogens is 525 g/mol. The van der Waals surface area contributed by atoms with Crippen LogP contribution in [0, 0.1) is 6.92 Å². The number of hydrogen-bond donors (Lipinski definition) is 1. The van der Waals surface area contributed by atoms with Gasteiger partial charge in [0.2, 0.25) is 0 Å². The van der Waals surface area contributed by atoms with Gasteiger partial charge in [0.05, 0.1) is 38.0 Å². The Kier molecular flexibility index (Phi) is 8.15. The maximum absolute atomic E-state index is 12.6. The van der Waals surface area contributed by atoms with Crippen LogP contribution in [-0.4, -0.2) is 25.8 Å². The zero-order chi connectivity index (χ0) is 25.8. The summed E-state index contributed by atoms with van der Waals surface area (Å²) in [5.41, 5.74) is 6.06. The number of carbonyl (C=O) groups excluding carboxylic acids is 1. The number of benzene rings is 1. The van der Waals surface area contributed by atoms with Gasteiger partial charge in [0, 0.05) is 43.6 Å². The van der Waals surface area contributed by atoms with Crippen LogP contribution in [0.15, 0.2) is 60.4 Å². The minimum absolute atomic E-state index is 0.231. The largest absolute Gasteiger partial charge is 0.348 e. The minimum Gasteiger partial charge on any atom is -0.348 e. The van der Waals surface area contributed by atoms with E-state index in [2.05, 4.69) is 38.8 Å². The van der Waals surface area contributed by atoms with Crippen molar-refractivity contribution in [3.05, 3.63) is 109 Å². The Labute approximate surface area is 230 Å². The van der Waals surface area contributed by atoms with Crippen LogP contribution in [0.25, 0.3) is 0 Å². The topological polar surface area (TPSA) is 71.0 Å². The molecule has 1 amide bonds. The van der Waals surface area contributed by atoms with Crippen LogP contribution in [0.2, 0.25) is 10.0 Å². The first-order valence-corrected chi connectivity index (χ1v) is 13.9. The Bertz CT molecular complexity index is 1370. The molecule has 1 N–H and O–H groups in total. The maximum atomic E-state index is 12.6. The van der Waals surface area contributed by atoms with E-state index in [1.165, 1.54) is 29.2 Å². The lowest BCUT2D eigenvalue weighted by Gasteiger charge is -2.34. The Morgan fingerprint density at radius 3 is 2.59 bits per heavy atom. The van der Waals surface area contributed by atoms with Crippen LogP contribution < -0.4 is 5.32 Å². The number of nitrogens with zero attached hydrogens (tertiary/aromatic N) is 4. The molecule has 6 nitrogen and oxygen atoms in total. The van der Waals surface area contributed by atoms with Crippen molar-refractivity contribution in [1.29, 1.82) is 0 Å². The lowest BCUT2D eigenvalue weighted by atomic mass is 9.90. The number of amides is 1. The summed E-state index contributed by atoms with van der Waals surface area (Å²) in [6.07, 6.45) is 8.04. The van der Waals surface area contributed by atoms with Gasteiger partial charge in [-0.2, -0.15) is 0 Å². The molecule has 1 aliphatic rings. The first kappa shape index (κ1) is 25.8. The molecular formula is C28H27Cl2N5OS. The Hall–Kier alpha value is -2.84. The number of thiazole rings is 1. The molecule has 0 fully saturated rings. The van der Waals surface area contributed by atoms with Crippen molar-refractivity contribution in [2.75, 3.05) is 0 Å². The highest BCUT2D eigenvalue weighted by atomic mass is 35.5. The molecule has 9 heteroatoms. The van der Waals surface area contributed by atoms with Crippen LogP contribution in [0.1, 0.15) is 62.3 Å². The third-order valence-electron chi connectivity index (χ3n) is 6.58. The summed E-state index contributed by atoms with van der Waals surface area (Å²) in [5, 5.41) is 6.59. The normalized spacial score (nSPS) is 15.0. The van der Waals surface area contributed by atoms with Gasteiger partial charge in [-0.25, -0.2) is 4.98 Å². The van der Waals surface area contributed by atoms with Crippen molar-refractivity contribution in [2.45, 2.75) is 51.9 Å². The van der Waals surface area contributed by atoms with Crippen LogP contribution in [0.5, 0.6) is 0 Å². The fraction of sp³-hybridized carbons (Fsp3) is 0.286. The lowest BCUT2D eigenvalue weighted by Crippen LogP contribution is -2.31. The molecule has 3 aromatic heterocycles. The fourth-order valence-electron chi connectivity index (χ4n) is 4.80. The second-order valence-electron chi connectivity index (χ2n) is 9.20. The predicted octanol–water partition coefficient (Wildman–Crippen LogP) is 6.56. The number of carbonyl (C=O) groups is 1. The first-order valence-electron chi connectivity index (χ1n) is 12.2. The number of aromatic nitrogens is 3. The van der Waals surface area contributed by atoms with Crippen molar-refractivity contribution in [1.82, 2.24) is 25.2 Å². The summed E-state index contributed by atoms with van der Waals surface area (Å²) in [6.45, 7) is 3.97. The predicted molar refractivity (Wildman–Crippen MR) is 148 cm³/mol. The number of fused-ring (bicyclic) bond motifs is 1. The van der Waals surface area contributed by atoms with E-state index in [9.17, 15) is 4.79 Å². The third-order valence-corrected chi connectivity index (χ3v) is 7.98. The molecule has 0 saturated carbocycles. The third kappa shape index (κ3) is 6.18. The van der Waals surface area contributed by atoms with E-state index in [4.69, 9.17) is 33.2 Å². The summed E-state index contributed by atoms with van der Waals surface area (Å²) < 4.78 is 0. The molecule has 5 rings (SSSR count). The number of rotatable bonds is 8. The monoisotopic (exact) mass is 551 g/mol. The summed E-state index contributed by atoms with van der Waals surface area (Å²) >= 11 is 13.9. The first-order chi connectivity index (χ1) is 18.0. The van der Waals surface area contributed by atoms with Gasteiger partial charge < -0.3 is 5.32 Å². The fourth-order valence-corrected chi connectivity index (χ4v) is 5.94. The lowest BCUT2D eigenvalue weighted by molar-refractivity contribution is 0.0951. The van der Waals surface area contributed by atoms with E-state index in [-0.39, 0.29) is 27.6 Å². The summed E-state index contributed by atoms with van der Waals surface area (Å²) in [6, 6.07) is 12.8. The van der Waals surface area contributed by atoms with Crippen LogP contribution in [-0.2, 0) is 26.1 Å². The van der Waals surface area contributed by atoms with Gasteiger partial charge in [-0.05, 0) is 48.9 Å². The van der Waals surface area contributed by atoms with Gasteiger partial charge >= 0.3 is 0 Å². The summed E-state index contributed by atoms with van der Waals surface area (Å²) in [7, 11) is 0. The molecule has 0 bridgehead atoms. The second kappa shape index (κ2) is 11.7. The van der Waals surface area contributed by atoms with E-state index in [0.717, 1.165) is 48.6 Å². The highest BCUT2D eigenvalue weighted by Gasteiger charge is 2.28. The summed E-state index contributed by atoms with van der Waals surface area (Å²) in [5.74, 6) is -0.324. The average Bonchev–Trinajstić information content (AvgIpc) is 3.32. The molecule has 0 aliphatic heterocycles. The van der Waals surface area contributed by atoms with Gasteiger partial charge in [-0.3, -0.25) is 19.7 Å². The van der Waals surface area contributed by atoms with Crippen molar-refractivity contribution in [3.8, 4) is 0 Å². The van der Waals surface area contributed by atoms with E-state index in [1.54, 1.807) is 11.3 Å². The molecule has 1 unspecified atom stereocenters. The molecule has 190 valence electrons.